The van der Waals surface area contributed by atoms with Crippen molar-refractivity contribution < 1.29 is 4.74 Å². The quantitative estimate of drug-likeness (QED) is 0.670. The molecular weight excluding hydrogens is 300 g/mol. The summed E-state index contributed by atoms with van der Waals surface area (Å²) in [6, 6.07) is 14.4. The van der Waals surface area contributed by atoms with E-state index in [9.17, 15) is 0 Å². The molecule has 0 N–H and O–H groups in total. The molecular formula is C17H13BrO. The van der Waals surface area contributed by atoms with Crippen LogP contribution in [-0.2, 0) is 17.8 Å². The predicted molar refractivity (Wildman–Crippen MR) is 79.9 cm³/mol. The Balaban J connectivity index is 1.88. The lowest BCUT2D eigenvalue weighted by molar-refractivity contribution is 0.111. The minimum Gasteiger partial charge on any atom is -0.376 e. The largest absolute Gasteiger partial charge is 0.376 e. The Labute approximate surface area is 121 Å². The second-order valence-corrected chi connectivity index (χ2v) is 5.46. The van der Waals surface area contributed by atoms with Crippen LogP contribution in [0.3, 0.4) is 0 Å². The molecule has 19 heavy (non-hydrogen) atoms. The molecule has 1 nitrogen and oxygen atoms in total. The molecule has 2 aromatic rings. The number of fused-ring (bicyclic) bond motifs is 1. The van der Waals surface area contributed by atoms with Gasteiger partial charge in [-0.2, -0.15) is 0 Å². The lowest BCUT2D eigenvalue weighted by Gasteiger charge is -2.16. The van der Waals surface area contributed by atoms with Crippen molar-refractivity contribution in [2.75, 3.05) is 6.61 Å². The number of hydrogen-bond donors (Lipinski definition) is 0. The minimum absolute atomic E-state index is 0.710. The van der Waals surface area contributed by atoms with E-state index in [2.05, 4.69) is 46.0 Å². The molecule has 2 aromatic carbocycles. The van der Waals surface area contributed by atoms with Crippen LogP contribution in [0, 0.1) is 11.8 Å². The van der Waals surface area contributed by atoms with E-state index in [0.717, 1.165) is 28.6 Å². The smallest absolute Gasteiger partial charge is 0.0720 e. The molecule has 0 atom stereocenters. The van der Waals surface area contributed by atoms with Crippen molar-refractivity contribution in [3.05, 3.63) is 69.2 Å². The van der Waals surface area contributed by atoms with Crippen LogP contribution in [0.1, 0.15) is 22.3 Å². The van der Waals surface area contributed by atoms with E-state index in [4.69, 9.17) is 4.74 Å². The highest BCUT2D eigenvalue weighted by Gasteiger charge is 2.08. The molecule has 1 aliphatic heterocycles. The fourth-order valence-electron chi connectivity index (χ4n) is 2.16. The second kappa shape index (κ2) is 5.61. The van der Waals surface area contributed by atoms with Gasteiger partial charge in [-0.25, -0.2) is 0 Å². The van der Waals surface area contributed by atoms with Crippen molar-refractivity contribution in [2.45, 2.75) is 13.0 Å². The van der Waals surface area contributed by atoms with E-state index in [0.29, 0.717) is 6.61 Å². The van der Waals surface area contributed by atoms with Gasteiger partial charge in [-0.05, 0) is 47.9 Å². The van der Waals surface area contributed by atoms with E-state index in [1.807, 2.05) is 24.3 Å². The summed E-state index contributed by atoms with van der Waals surface area (Å²) in [7, 11) is 0. The van der Waals surface area contributed by atoms with Crippen LogP contribution in [0.15, 0.2) is 46.9 Å². The molecule has 0 saturated carbocycles. The topological polar surface area (TPSA) is 9.23 Å². The second-order valence-electron chi connectivity index (χ2n) is 4.55. The lowest BCUT2D eigenvalue weighted by Crippen LogP contribution is -2.09. The summed E-state index contributed by atoms with van der Waals surface area (Å²) in [6.45, 7) is 1.54. The van der Waals surface area contributed by atoms with Gasteiger partial charge in [0, 0.05) is 15.6 Å². The Morgan fingerprint density at radius 3 is 2.63 bits per heavy atom. The van der Waals surface area contributed by atoms with Crippen molar-refractivity contribution in [1.29, 1.82) is 0 Å². The Kier molecular flexibility index (Phi) is 3.68. The monoisotopic (exact) mass is 312 g/mol. The van der Waals surface area contributed by atoms with E-state index in [1.165, 1.54) is 11.1 Å². The third kappa shape index (κ3) is 3.07. The predicted octanol–water partition coefficient (Wildman–Crippen LogP) is 3.92. The standard InChI is InChI=1S/C17H13BrO/c18-17-3-1-2-13(11-17)4-5-14-6-7-15-8-9-19-12-16(15)10-14/h1-3,6-7,10-11H,8-9,12H2. The molecule has 0 aliphatic carbocycles. The van der Waals surface area contributed by atoms with Crippen LogP contribution < -0.4 is 0 Å². The first-order chi connectivity index (χ1) is 9.31. The third-order valence-corrected chi connectivity index (χ3v) is 3.65. The third-order valence-electron chi connectivity index (χ3n) is 3.16. The van der Waals surface area contributed by atoms with Crippen LogP contribution in [-0.4, -0.2) is 6.61 Å². The van der Waals surface area contributed by atoms with Gasteiger partial charge in [0.1, 0.15) is 0 Å². The van der Waals surface area contributed by atoms with Crippen molar-refractivity contribution in [3.63, 3.8) is 0 Å². The Bertz CT molecular complexity index is 664. The molecule has 0 unspecified atom stereocenters. The van der Waals surface area contributed by atoms with Crippen molar-refractivity contribution in [2.24, 2.45) is 0 Å². The molecule has 1 heterocycles. The summed E-state index contributed by atoms with van der Waals surface area (Å²) in [6.07, 6.45) is 1.01. The maximum Gasteiger partial charge on any atom is 0.0720 e. The zero-order valence-electron chi connectivity index (χ0n) is 10.4. The molecule has 0 saturated heterocycles. The Hall–Kier alpha value is -1.56. The van der Waals surface area contributed by atoms with Crippen LogP contribution >= 0.6 is 15.9 Å². The highest BCUT2D eigenvalue weighted by Crippen LogP contribution is 2.18. The lowest BCUT2D eigenvalue weighted by atomic mass is 10.0. The number of hydrogen-bond acceptors (Lipinski definition) is 1. The van der Waals surface area contributed by atoms with E-state index >= 15 is 0 Å². The van der Waals surface area contributed by atoms with Gasteiger partial charge in [0.2, 0.25) is 0 Å². The number of ether oxygens (including phenoxy) is 1. The van der Waals surface area contributed by atoms with Gasteiger partial charge in [-0.3, -0.25) is 0 Å². The summed E-state index contributed by atoms with van der Waals surface area (Å²) < 4.78 is 6.53. The molecule has 1 aliphatic rings. The van der Waals surface area contributed by atoms with E-state index in [1.54, 1.807) is 0 Å². The number of halogens is 1. The zero-order valence-corrected chi connectivity index (χ0v) is 12.0. The maximum absolute atomic E-state index is 5.48. The number of rotatable bonds is 0. The normalized spacial score (nSPS) is 13.3. The number of benzene rings is 2. The van der Waals surface area contributed by atoms with Gasteiger partial charge in [0.15, 0.2) is 0 Å². The fourth-order valence-corrected chi connectivity index (χ4v) is 2.56. The molecule has 0 radical (unpaired) electrons. The zero-order chi connectivity index (χ0) is 13.1. The Morgan fingerprint density at radius 1 is 0.947 bits per heavy atom. The highest BCUT2D eigenvalue weighted by molar-refractivity contribution is 9.10. The highest BCUT2D eigenvalue weighted by atomic mass is 79.9. The van der Waals surface area contributed by atoms with Crippen molar-refractivity contribution in [1.82, 2.24) is 0 Å². The van der Waals surface area contributed by atoms with Crippen LogP contribution in [0.5, 0.6) is 0 Å². The summed E-state index contributed by atoms with van der Waals surface area (Å²) in [5.41, 5.74) is 4.72. The molecule has 0 spiro atoms. The van der Waals surface area contributed by atoms with Gasteiger partial charge in [0.05, 0.1) is 13.2 Å². The maximum atomic E-state index is 5.48. The molecule has 0 fully saturated rings. The van der Waals surface area contributed by atoms with Crippen LogP contribution in [0.4, 0.5) is 0 Å². The summed E-state index contributed by atoms with van der Waals surface area (Å²) in [5, 5.41) is 0. The van der Waals surface area contributed by atoms with Crippen LogP contribution in [0.25, 0.3) is 0 Å². The summed E-state index contributed by atoms with van der Waals surface area (Å²) >= 11 is 3.45. The van der Waals surface area contributed by atoms with Gasteiger partial charge < -0.3 is 4.74 Å². The van der Waals surface area contributed by atoms with E-state index < -0.39 is 0 Å². The molecule has 0 bridgehead atoms. The van der Waals surface area contributed by atoms with E-state index in [-0.39, 0.29) is 0 Å². The van der Waals surface area contributed by atoms with Gasteiger partial charge in [0.25, 0.3) is 0 Å². The Morgan fingerprint density at radius 2 is 1.79 bits per heavy atom. The van der Waals surface area contributed by atoms with Gasteiger partial charge in [-0.15, -0.1) is 0 Å². The average Bonchev–Trinajstić information content (AvgIpc) is 2.45. The molecule has 2 heteroatoms. The minimum atomic E-state index is 0.710. The molecule has 94 valence electrons. The van der Waals surface area contributed by atoms with Gasteiger partial charge >= 0.3 is 0 Å². The van der Waals surface area contributed by atoms with Gasteiger partial charge in [-0.1, -0.05) is 39.9 Å². The van der Waals surface area contributed by atoms with Crippen molar-refractivity contribution in [3.8, 4) is 11.8 Å². The molecule has 3 rings (SSSR count). The molecule has 0 amide bonds. The summed E-state index contributed by atoms with van der Waals surface area (Å²) in [4.78, 5) is 0. The molecule has 0 aromatic heterocycles. The SMILES string of the molecule is Brc1cccc(C#Cc2ccc3c(c2)COCC3)c1. The fraction of sp³-hybridized carbons (Fsp3) is 0.176. The first-order valence-corrected chi connectivity index (χ1v) is 7.08. The summed E-state index contributed by atoms with van der Waals surface area (Å²) in [5.74, 6) is 6.40. The van der Waals surface area contributed by atoms with Crippen molar-refractivity contribution >= 4 is 15.9 Å². The first kappa shape index (κ1) is 12.5. The first-order valence-electron chi connectivity index (χ1n) is 6.28. The average molecular weight is 313 g/mol. The van der Waals surface area contributed by atoms with Crippen LogP contribution in [0.2, 0.25) is 0 Å².